The van der Waals surface area contributed by atoms with Crippen LogP contribution in [0.3, 0.4) is 0 Å². The third kappa shape index (κ3) is 7.40. The van der Waals surface area contributed by atoms with Gasteiger partial charge in [-0.25, -0.2) is 0 Å². The van der Waals surface area contributed by atoms with Gasteiger partial charge in [0.15, 0.2) is 5.11 Å². The Morgan fingerprint density at radius 1 is 0.735 bits per heavy atom. The number of amides is 3. The van der Waals surface area contributed by atoms with Crippen molar-refractivity contribution in [3.05, 3.63) is 101 Å². The third-order valence-corrected chi connectivity index (χ3v) is 5.34. The summed E-state index contributed by atoms with van der Waals surface area (Å²) in [7, 11) is 0. The van der Waals surface area contributed by atoms with Crippen molar-refractivity contribution in [2.24, 2.45) is 0 Å². The van der Waals surface area contributed by atoms with Gasteiger partial charge in [0, 0.05) is 12.8 Å². The maximum absolute atomic E-state index is 13.0. The molecular formula is C25H23ClN4O3S. The molecule has 0 atom stereocenters. The van der Waals surface area contributed by atoms with E-state index in [0.717, 1.165) is 11.1 Å². The Morgan fingerprint density at radius 3 is 1.85 bits per heavy atom. The summed E-state index contributed by atoms with van der Waals surface area (Å²) in [4.78, 5) is 37.1. The van der Waals surface area contributed by atoms with E-state index in [1.165, 1.54) is 0 Å². The van der Waals surface area contributed by atoms with E-state index in [9.17, 15) is 14.4 Å². The summed E-state index contributed by atoms with van der Waals surface area (Å²) in [6.45, 7) is 0. The SMILES string of the molecule is O=C(CCC(=O)Nc1ccccc1Cl)NNC(=S)NC(=O)C(c1ccccc1)c1ccccc1. The summed E-state index contributed by atoms with van der Waals surface area (Å²) >= 11 is 11.2. The van der Waals surface area contributed by atoms with Crippen molar-refractivity contribution in [2.45, 2.75) is 18.8 Å². The van der Waals surface area contributed by atoms with E-state index in [-0.39, 0.29) is 29.8 Å². The second kappa shape index (κ2) is 12.5. The van der Waals surface area contributed by atoms with Crippen LogP contribution in [0.5, 0.6) is 0 Å². The third-order valence-electron chi connectivity index (χ3n) is 4.81. The zero-order chi connectivity index (χ0) is 24.3. The highest BCUT2D eigenvalue weighted by Gasteiger charge is 2.23. The number of hydrazine groups is 1. The molecule has 0 aromatic heterocycles. The van der Waals surface area contributed by atoms with Crippen molar-refractivity contribution in [3.63, 3.8) is 0 Å². The van der Waals surface area contributed by atoms with Crippen molar-refractivity contribution >= 4 is 52.3 Å². The highest BCUT2D eigenvalue weighted by Crippen LogP contribution is 2.24. The predicted octanol–water partition coefficient (Wildman–Crippen LogP) is 3.91. The quantitative estimate of drug-likeness (QED) is 0.295. The molecule has 34 heavy (non-hydrogen) atoms. The van der Waals surface area contributed by atoms with E-state index < -0.39 is 11.8 Å². The summed E-state index contributed by atoms with van der Waals surface area (Å²) < 4.78 is 0. The molecule has 0 aliphatic rings. The van der Waals surface area contributed by atoms with Crippen LogP contribution in [0.15, 0.2) is 84.9 Å². The Hall–Kier alpha value is -3.75. The lowest BCUT2D eigenvalue weighted by Crippen LogP contribution is -2.49. The largest absolute Gasteiger partial charge is 0.325 e. The molecule has 0 saturated carbocycles. The van der Waals surface area contributed by atoms with Gasteiger partial charge in [0.25, 0.3) is 0 Å². The number of benzene rings is 3. The van der Waals surface area contributed by atoms with Gasteiger partial charge in [-0.1, -0.05) is 84.4 Å². The van der Waals surface area contributed by atoms with Crippen molar-refractivity contribution in [1.82, 2.24) is 16.2 Å². The summed E-state index contributed by atoms with van der Waals surface area (Å²) in [6.07, 6.45) is -0.140. The van der Waals surface area contributed by atoms with Crippen molar-refractivity contribution < 1.29 is 14.4 Å². The van der Waals surface area contributed by atoms with Crippen LogP contribution in [0.2, 0.25) is 5.02 Å². The molecule has 0 aliphatic heterocycles. The van der Waals surface area contributed by atoms with Crippen LogP contribution < -0.4 is 21.5 Å². The molecule has 0 spiro atoms. The van der Waals surface area contributed by atoms with E-state index in [4.69, 9.17) is 23.8 Å². The van der Waals surface area contributed by atoms with Gasteiger partial charge in [-0.2, -0.15) is 0 Å². The van der Waals surface area contributed by atoms with E-state index in [2.05, 4.69) is 21.5 Å². The minimum atomic E-state index is -0.577. The Morgan fingerprint density at radius 2 is 1.26 bits per heavy atom. The number of carbonyl (C=O) groups excluding carboxylic acids is 3. The summed E-state index contributed by atoms with van der Waals surface area (Å²) in [5.41, 5.74) is 6.98. The Kier molecular flexibility index (Phi) is 9.13. The number of hydrogen-bond acceptors (Lipinski definition) is 4. The summed E-state index contributed by atoms with van der Waals surface area (Å²) in [5, 5.41) is 5.60. The van der Waals surface area contributed by atoms with Gasteiger partial charge in [-0.05, 0) is 35.5 Å². The van der Waals surface area contributed by atoms with Crippen LogP contribution >= 0.6 is 23.8 Å². The van der Waals surface area contributed by atoms with Crippen LogP contribution in [-0.2, 0) is 14.4 Å². The maximum Gasteiger partial charge on any atom is 0.238 e. The first-order valence-electron chi connectivity index (χ1n) is 10.5. The topological polar surface area (TPSA) is 99.3 Å². The lowest BCUT2D eigenvalue weighted by atomic mass is 9.90. The van der Waals surface area contributed by atoms with Crippen LogP contribution in [0.4, 0.5) is 5.69 Å². The van der Waals surface area contributed by atoms with Crippen LogP contribution in [-0.4, -0.2) is 22.8 Å². The standard InChI is InChI=1S/C25H23ClN4O3S/c26-19-13-7-8-14-20(19)27-21(31)15-16-22(32)29-30-25(34)28-24(33)23(17-9-3-1-4-10-17)18-11-5-2-6-12-18/h1-14,23H,15-16H2,(H,27,31)(H,29,32)(H2,28,30,33,34). The molecule has 0 aliphatic carbocycles. The summed E-state index contributed by atoms with van der Waals surface area (Å²) in [6, 6.07) is 25.5. The minimum Gasteiger partial charge on any atom is -0.325 e. The minimum absolute atomic E-state index is 0.0536. The number of nitrogens with one attached hydrogen (secondary N) is 4. The van der Waals surface area contributed by atoms with E-state index in [0.29, 0.717) is 10.7 Å². The monoisotopic (exact) mass is 494 g/mol. The lowest BCUT2D eigenvalue weighted by molar-refractivity contribution is -0.124. The second-order valence-electron chi connectivity index (χ2n) is 7.27. The maximum atomic E-state index is 13.0. The Balaban J connectivity index is 1.48. The van der Waals surface area contributed by atoms with Crippen molar-refractivity contribution in [3.8, 4) is 0 Å². The predicted molar refractivity (Wildman–Crippen MR) is 136 cm³/mol. The zero-order valence-electron chi connectivity index (χ0n) is 18.1. The number of halogens is 1. The number of para-hydroxylation sites is 1. The number of anilines is 1. The van der Waals surface area contributed by atoms with Gasteiger partial charge >= 0.3 is 0 Å². The number of thiocarbonyl (C=S) groups is 1. The number of carbonyl (C=O) groups is 3. The molecule has 0 saturated heterocycles. The highest BCUT2D eigenvalue weighted by molar-refractivity contribution is 7.80. The second-order valence-corrected chi connectivity index (χ2v) is 8.09. The van der Waals surface area contributed by atoms with Gasteiger partial charge in [0.2, 0.25) is 17.7 Å². The molecule has 0 radical (unpaired) electrons. The van der Waals surface area contributed by atoms with Crippen molar-refractivity contribution in [2.75, 3.05) is 5.32 Å². The average molecular weight is 495 g/mol. The first-order valence-corrected chi connectivity index (χ1v) is 11.3. The molecule has 0 fully saturated rings. The average Bonchev–Trinajstić information content (AvgIpc) is 2.84. The van der Waals surface area contributed by atoms with Gasteiger partial charge in [0.1, 0.15) is 0 Å². The van der Waals surface area contributed by atoms with Crippen LogP contribution in [0.25, 0.3) is 0 Å². The fraction of sp³-hybridized carbons (Fsp3) is 0.120. The first-order chi connectivity index (χ1) is 16.4. The molecule has 0 bridgehead atoms. The smallest absolute Gasteiger partial charge is 0.238 e. The molecule has 0 unspecified atom stereocenters. The van der Waals surface area contributed by atoms with Gasteiger partial charge in [-0.15, -0.1) is 0 Å². The molecule has 7 nitrogen and oxygen atoms in total. The highest BCUT2D eigenvalue weighted by atomic mass is 35.5. The molecule has 3 rings (SSSR count). The fourth-order valence-corrected chi connectivity index (χ4v) is 3.53. The lowest BCUT2D eigenvalue weighted by Gasteiger charge is -2.18. The fourth-order valence-electron chi connectivity index (χ4n) is 3.19. The molecule has 3 amide bonds. The van der Waals surface area contributed by atoms with E-state index >= 15 is 0 Å². The Labute approximate surface area is 207 Å². The van der Waals surface area contributed by atoms with Crippen LogP contribution in [0.1, 0.15) is 29.9 Å². The van der Waals surface area contributed by atoms with E-state index in [1.807, 2.05) is 60.7 Å². The zero-order valence-corrected chi connectivity index (χ0v) is 19.7. The molecule has 3 aromatic rings. The normalized spacial score (nSPS) is 10.3. The van der Waals surface area contributed by atoms with E-state index in [1.54, 1.807) is 24.3 Å². The molecule has 4 N–H and O–H groups in total. The molecular weight excluding hydrogens is 472 g/mol. The molecule has 3 aromatic carbocycles. The Bertz CT molecular complexity index is 1120. The van der Waals surface area contributed by atoms with Gasteiger partial charge in [0.05, 0.1) is 16.6 Å². The number of rotatable bonds is 7. The van der Waals surface area contributed by atoms with Crippen LogP contribution in [0, 0.1) is 0 Å². The first kappa shape index (κ1) is 24.9. The van der Waals surface area contributed by atoms with Gasteiger partial charge in [-0.3, -0.25) is 25.2 Å². The summed E-state index contributed by atoms with van der Waals surface area (Å²) in [5.74, 6) is -1.74. The molecule has 0 heterocycles. The number of hydrogen-bond donors (Lipinski definition) is 4. The van der Waals surface area contributed by atoms with Gasteiger partial charge < -0.3 is 10.6 Å². The molecule has 174 valence electrons. The molecule has 9 heteroatoms. The van der Waals surface area contributed by atoms with Crippen molar-refractivity contribution in [1.29, 1.82) is 0 Å².